The van der Waals surface area contributed by atoms with Gasteiger partial charge in [0.2, 0.25) is 5.91 Å². The first-order valence-electron chi connectivity index (χ1n) is 8.43. The van der Waals surface area contributed by atoms with Gasteiger partial charge in [-0.25, -0.2) is 9.97 Å². The lowest BCUT2D eigenvalue weighted by Crippen LogP contribution is -2.18. The van der Waals surface area contributed by atoms with E-state index in [4.69, 9.17) is 0 Å². The van der Waals surface area contributed by atoms with E-state index in [9.17, 15) is 10.1 Å². The zero-order chi connectivity index (χ0) is 19.2. The standard InChI is InChI=1S/C20H19N5OS/c1-14-15(2)25(12-16-7-4-3-5-8-16)19(17(14)11-21)24-18(26)13-27-20-22-9-6-10-23-20/h3-10H,12-13H2,1-2H3,(H,24,26). The maximum Gasteiger partial charge on any atom is 0.235 e. The Bertz CT molecular complexity index is 977. The molecule has 0 aliphatic heterocycles. The Morgan fingerprint density at radius 3 is 2.56 bits per heavy atom. The first-order chi connectivity index (χ1) is 13.1. The SMILES string of the molecule is Cc1c(C#N)c(NC(=O)CSc2ncccn2)n(Cc2ccccc2)c1C. The van der Waals surface area contributed by atoms with Crippen molar-refractivity contribution in [3.8, 4) is 6.07 Å². The van der Waals surface area contributed by atoms with E-state index in [0.29, 0.717) is 23.1 Å². The van der Waals surface area contributed by atoms with Crippen LogP contribution in [0.25, 0.3) is 0 Å². The lowest BCUT2D eigenvalue weighted by Gasteiger charge is -2.13. The van der Waals surface area contributed by atoms with E-state index in [1.54, 1.807) is 18.5 Å². The fraction of sp³-hybridized carbons (Fsp3) is 0.200. The predicted octanol–water partition coefficient (Wildman–Crippen LogP) is 3.55. The number of anilines is 1. The number of hydrogen-bond donors (Lipinski definition) is 1. The highest BCUT2D eigenvalue weighted by molar-refractivity contribution is 7.99. The van der Waals surface area contributed by atoms with Crippen molar-refractivity contribution >= 4 is 23.5 Å². The lowest BCUT2D eigenvalue weighted by molar-refractivity contribution is -0.113. The quantitative estimate of drug-likeness (QED) is 0.525. The summed E-state index contributed by atoms with van der Waals surface area (Å²) in [7, 11) is 0. The molecule has 1 aromatic carbocycles. The van der Waals surface area contributed by atoms with Crippen LogP contribution >= 0.6 is 11.8 Å². The van der Waals surface area contributed by atoms with Crippen molar-refractivity contribution in [3.63, 3.8) is 0 Å². The van der Waals surface area contributed by atoms with Gasteiger partial charge in [-0.2, -0.15) is 5.26 Å². The second kappa shape index (κ2) is 8.52. The van der Waals surface area contributed by atoms with Gasteiger partial charge in [0.05, 0.1) is 11.3 Å². The third-order valence-electron chi connectivity index (χ3n) is 4.26. The summed E-state index contributed by atoms with van der Waals surface area (Å²) in [6.45, 7) is 4.44. The Morgan fingerprint density at radius 1 is 1.19 bits per heavy atom. The highest BCUT2D eigenvalue weighted by Gasteiger charge is 2.20. The number of rotatable bonds is 6. The number of aromatic nitrogens is 3. The smallest absolute Gasteiger partial charge is 0.235 e. The number of nitrogens with zero attached hydrogens (tertiary/aromatic N) is 4. The molecule has 0 saturated carbocycles. The fourth-order valence-corrected chi connectivity index (χ4v) is 3.36. The summed E-state index contributed by atoms with van der Waals surface area (Å²) in [6, 6.07) is 13.9. The average Bonchev–Trinajstić information content (AvgIpc) is 2.92. The van der Waals surface area contributed by atoms with Crippen molar-refractivity contribution in [1.82, 2.24) is 14.5 Å². The zero-order valence-electron chi connectivity index (χ0n) is 15.1. The zero-order valence-corrected chi connectivity index (χ0v) is 16.0. The van der Waals surface area contributed by atoms with Crippen LogP contribution < -0.4 is 5.32 Å². The molecule has 1 amide bonds. The summed E-state index contributed by atoms with van der Waals surface area (Å²) in [5, 5.41) is 13.0. The number of carbonyl (C=O) groups is 1. The first kappa shape index (κ1) is 18.7. The van der Waals surface area contributed by atoms with E-state index >= 15 is 0 Å². The minimum absolute atomic E-state index is 0.170. The maximum atomic E-state index is 12.5. The molecule has 136 valence electrons. The molecular weight excluding hydrogens is 358 g/mol. The molecule has 6 nitrogen and oxygen atoms in total. The monoisotopic (exact) mass is 377 g/mol. The van der Waals surface area contributed by atoms with E-state index in [1.807, 2.05) is 48.7 Å². The van der Waals surface area contributed by atoms with E-state index in [0.717, 1.165) is 16.8 Å². The first-order valence-corrected chi connectivity index (χ1v) is 9.42. The summed E-state index contributed by atoms with van der Waals surface area (Å²) in [6.07, 6.45) is 3.28. The van der Waals surface area contributed by atoms with Crippen LogP contribution in [0, 0.1) is 25.2 Å². The normalized spacial score (nSPS) is 10.4. The van der Waals surface area contributed by atoms with E-state index in [1.165, 1.54) is 11.8 Å². The lowest BCUT2D eigenvalue weighted by atomic mass is 10.2. The topological polar surface area (TPSA) is 83.6 Å². The van der Waals surface area contributed by atoms with Crippen molar-refractivity contribution in [2.24, 2.45) is 0 Å². The Hall–Kier alpha value is -3.11. The third kappa shape index (κ3) is 4.36. The largest absolute Gasteiger partial charge is 0.326 e. The van der Waals surface area contributed by atoms with Crippen LogP contribution in [0.4, 0.5) is 5.82 Å². The molecule has 0 saturated heterocycles. The van der Waals surface area contributed by atoms with Crippen molar-refractivity contribution in [3.05, 3.63) is 71.2 Å². The van der Waals surface area contributed by atoms with Crippen molar-refractivity contribution in [1.29, 1.82) is 5.26 Å². The molecule has 2 heterocycles. The molecule has 0 fully saturated rings. The fourth-order valence-electron chi connectivity index (χ4n) is 2.75. The van der Waals surface area contributed by atoms with Crippen LogP contribution in [-0.2, 0) is 11.3 Å². The second-order valence-corrected chi connectivity index (χ2v) is 6.93. The number of benzene rings is 1. The van der Waals surface area contributed by atoms with Gasteiger partial charge in [-0.1, -0.05) is 42.1 Å². The van der Waals surface area contributed by atoms with Crippen LogP contribution in [0.3, 0.4) is 0 Å². The average molecular weight is 377 g/mol. The third-order valence-corrected chi connectivity index (χ3v) is 5.13. The summed E-state index contributed by atoms with van der Waals surface area (Å²) < 4.78 is 1.98. The molecule has 1 N–H and O–H groups in total. The number of amides is 1. The number of hydrogen-bond acceptors (Lipinski definition) is 5. The Labute approximate surface area is 162 Å². The van der Waals surface area contributed by atoms with Gasteiger partial charge >= 0.3 is 0 Å². The molecule has 0 unspecified atom stereocenters. The molecule has 27 heavy (non-hydrogen) atoms. The highest BCUT2D eigenvalue weighted by Crippen LogP contribution is 2.27. The summed E-state index contributed by atoms with van der Waals surface area (Å²) in [5.41, 5.74) is 3.44. The molecule has 7 heteroatoms. The molecule has 0 bridgehead atoms. The number of carbonyl (C=O) groups excluding carboxylic acids is 1. The van der Waals surface area contributed by atoms with Gasteiger partial charge in [0.15, 0.2) is 5.16 Å². The predicted molar refractivity (Wildman–Crippen MR) is 106 cm³/mol. The van der Waals surface area contributed by atoms with Gasteiger partial charge in [-0.15, -0.1) is 0 Å². The van der Waals surface area contributed by atoms with Crippen LogP contribution in [0.5, 0.6) is 0 Å². The van der Waals surface area contributed by atoms with Gasteiger partial charge in [-0.3, -0.25) is 4.79 Å². The molecule has 0 aliphatic carbocycles. The van der Waals surface area contributed by atoms with Gasteiger partial charge in [0.25, 0.3) is 0 Å². The Kier molecular flexibility index (Phi) is 5.89. The molecular formula is C20H19N5OS. The summed E-state index contributed by atoms with van der Waals surface area (Å²) >= 11 is 1.26. The van der Waals surface area contributed by atoms with Crippen LogP contribution in [0.1, 0.15) is 22.4 Å². The maximum absolute atomic E-state index is 12.5. The Balaban J connectivity index is 1.82. The minimum Gasteiger partial charge on any atom is -0.326 e. The molecule has 3 rings (SSSR count). The molecule has 2 aromatic heterocycles. The number of nitrogens with one attached hydrogen (secondary N) is 1. The molecule has 0 radical (unpaired) electrons. The number of thioether (sulfide) groups is 1. The molecule has 0 aliphatic rings. The van der Waals surface area contributed by atoms with Crippen molar-refractivity contribution in [2.75, 3.05) is 11.1 Å². The summed E-state index contributed by atoms with van der Waals surface area (Å²) in [4.78, 5) is 20.7. The number of nitriles is 1. The molecule has 3 aromatic rings. The summed E-state index contributed by atoms with van der Waals surface area (Å²) in [5.74, 6) is 0.510. The van der Waals surface area contributed by atoms with Crippen LogP contribution in [0.2, 0.25) is 0 Å². The van der Waals surface area contributed by atoms with E-state index < -0.39 is 0 Å². The van der Waals surface area contributed by atoms with E-state index in [-0.39, 0.29) is 11.7 Å². The van der Waals surface area contributed by atoms with E-state index in [2.05, 4.69) is 21.4 Å². The minimum atomic E-state index is -0.198. The van der Waals surface area contributed by atoms with Crippen LogP contribution in [-0.4, -0.2) is 26.2 Å². The Morgan fingerprint density at radius 2 is 1.89 bits per heavy atom. The second-order valence-electron chi connectivity index (χ2n) is 5.99. The van der Waals surface area contributed by atoms with Crippen molar-refractivity contribution < 1.29 is 4.79 Å². The van der Waals surface area contributed by atoms with Gasteiger partial charge in [0.1, 0.15) is 11.9 Å². The van der Waals surface area contributed by atoms with Gasteiger partial charge in [-0.05, 0) is 31.0 Å². The molecule has 0 atom stereocenters. The van der Waals surface area contributed by atoms with Crippen molar-refractivity contribution in [2.45, 2.75) is 25.5 Å². The highest BCUT2D eigenvalue weighted by atomic mass is 32.2. The molecule has 0 spiro atoms. The van der Waals surface area contributed by atoms with Gasteiger partial charge in [0, 0.05) is 24.6 Å². The van der Waals surface area contributed by atoms with Gasteiger partial charge < -0.3 is 9.88 Å². The van der Waals surface area contributed by atoms with Crippen LogP contribution in [0.15, 0.2) is 53.9 Å².